The zero-order valence-corrected chi connectivity index (χ0v) is 20.0. The number of aliphatic hydroxyl groups excluding tert-OH is 1. The number of benzene rings is 1. The Morgan fingerprint density at radius 1 is 1.20 bits per heavy atom. The Morgan fingerprint density at radius 3 is 2.80 bits per heavy atom. The van der Waals surface area contributed by atoms with E-state index in [0.29, 0.717) is 31.3 Å². The number of nitrogens with zero attached hydrogens (tertiary/aromatic N) is 4. The molecule has 2 aliphatic rings. The highest BCUT2D eigenvalue weighted by Crippen LogP contribution is 2.42. The standard InChI is InChI=1S/C27H32N4O4/c1-35-20-3-4-25-22(14-20)21(6-10-29-25)26(32)5-2-17-8-11-31(15-23(17)27(33)34)19-12-18(13-19)24-7-9-28-16-30-24/h3-4,6-7,9-10,14,16-19,23,26,32H,2,5,8,11-13,15H2,1H3,(H,33,34)/t17-,18?,19?,23+,26+/m1/s1. The van der Waals surface area contributed by atoms with Crippen LogP contribution in [0.5, 0.6) is 5.75 Å². The fraction of sp³-hybridized carbons (Fsp3) is 0.481. The molecule has 0 spiro atoms. The minimum Gasteiger partial charge on any atom is -0.497 e. The number of fused-ring (bicyclic) bond motifs is 1. The SMILES string of the molecule is COc1ccc2nccc([C@@H](O)CC[C@@H]3CCN(C4CC(c5ccncn5)C4)C[C@@H]3C(=O)O)c2c1. The Morgan fingerprint density at radius 2 is 2.06 bits per heavy atom. The first-order chi connectivity index (χ1) is 17.0. The van der Waals surface area contributed by atoms with Gasteiger partial charge in [-0.1, -0.05) is 0 Å². The first-order valence-corrected chi connectivity index (χ1v) is 12.4. The fourth-order valence-corrected chi connectivity index (χ4v) is 5.74. The van der Waals surface area contributed by atoms with Gasteiger partial charge in [0.2, 0.25) is 0 Å². The van der Waals surface area contributed by atoms with Crippen LogP contribution < -0.4 is 4.74 Å². The van der Waals surface area contributed by atoms with Crippen molar-refractivity contribution in [3.8, 4) is 5.75 Å². The predicted molar refractivity (Wildman–Crippen MR) is 131 cm³/mol. The van der Waals surface area contributed by atoms with Gasteiger partial charge in [0.15, 0.2) is 0 Å². The number of carboxylic acids is 1. The maximum absolute atomic E-state index is 12.2. The summed E-state index contributed by atoms with van der Waals surface area (Å²) in [4.78, 5) is 27.3. The number of likely N-dealkylation sites (tertiary alicyclic amines) is 1. The minimum absolute atomic E-state index is 0.0544. The van der Waals surface area contributed by atoms with Crippen LogP contribution in [0.25, 0.3) is 10.9 Å². The largest absolute Gasteiger partial charge is 0.497 e. The highest BCUT2D eigenvalue weighted by molar-refractivity contribution is 5.83. The van der Waals surface area contributed by atoms with Crippen molar-refractivity contribution in [1.82, 2.24) is 19.9 Å². The lowest BCUT2D eigenvalue weighted by atomic mass is 9.74. The molecule has 3 aromatic rings. The zero-order valence-electron chi connectivity index (χ0n) is 20.0. The molecule has 2 aromatic heterocycles. The van der Waals surface area contributed by atoms with Crippen LogP contribution in [-0.2, 0) is 4.79 Å². The molecule has 0 unspecified atom stereocenters. The van der Waals surface area contributed by atoms with Crippen molar-refractivity contribution in [2.75, 3.05) is 20.2 Å². The summed E-state index contributed by atoms with van der Waals surface area (Å²) in [6.45, 7) is 1.48. The van der Waals surface area contributed by atoms with Crippen molar-refractivity contribution in [3.63, 3.8) is 0 Å². The van der Waals surface area contributed by atoms with Crippen molar-refractivity contribution < 1.29 is 19.7 Å². The van der Waals surface area contributed by atoms with E-state index < -0.39 is 18.0 Å². The Bertz CT molecular complexity index is 1170. The van der Waals surface area contributed by atoms with Gasteiger partial charge < -0.3 is 14.9 Å². The van der Waals surface area contributed by atoms with Crippen molar-refractivity contribution in [1.29, 1.82) is 0 Å². The van der Waals surface area contributed by atoms with E-state index in [4.69, 9.17) is 4.74 Å². The van der Waals surface area contributed by atoms with E-state index >= 15 is 0 Å². The molecule has 0 amide bonds. The average molecular weight is 477 g/mol. The highest BCUT2D eigenvalue weighted by Gasteiger charge is 2.41. The van der Waals surface area contributed by atoms with E-state index in [2.05, 4.69) is 19.9 Å². The molecule has 1 aliphatic carbocycles. The number of pyridine rings is 1. The molecule has 1 saturated heterocycles. The average Bonchev–Trinajstić information content (AvgIpc) is 2.86. The van der Waals surface area contributed by atoms with Crippen LogP contribution in [0.2, 0.25) is 0 Å². The Kier molecular flexibility index (Phi) is 6.92. The highest BCUT2D eigenvalue weighted by atomic mass is 16.5. The Labute approximate surface area is 205 Å². The number of carbonyl (C=O) groups is 1. The van der Waals surface area contributed by atoms with Gasteiger partial charge in [0.25, 0.3) is 0 Å². The van der Waals surface area contributed by atoms with Crippen LogP contribution in [0.4, 0.5) is 0 Å². The fourth-order valence-electron chi connectivity index (χ4n) is 5.74. The number of ether oxygens (including phenoxy) is 1. The van der Waals surface area contributed by atoms with Gasteiger partial charge >= 0.3 is 5.97 Å². The van der Waals surface area contributed by atoms with E-state index in [1.165, 1.54) is 0 Å². The van der Waals surface area contributed by atoms with Crippen LogP contribution in [0.3, 0.4) is 0 Å². The predicted octanol–water partition coefficient (Wildman–Crippen LogP) is 3.82. The number of hydrogen-bond acceptors (Lipinski definition) is 7. The van der Waals surface area contributed by atoms with Gasteiger partial charge in [-0.25, -0.2) is 9.97 Å². The van der Waals surface area contributed by atoms with Crippen LogP contribution in [-0.4, -0.2) is 62.3 Å². The number of aromatic nitrogens is 3. The third kappa shape index (κ3) is 4.99. The van der Waals surface area contributed by atoms with Gasteiger partial charge in [-0.3, -0.25) is 14.7 Å². The van der Waals surface area contributed by atoms with E-state index in [0.717, 1.165) is 53.7 Å². The number of aliphatic hydroxyl groups is 1. The summed E-state index contributed by atoms with van der Waals surface area (Å²) in [6, 6.07) is 9.87. The molecular formula is C27H32N4O4. The van der Waals surface area contributed by atoms with Crippen molar-refractivity contribution in [2.24, 2.45) is 11.8 Å². The summed E-state index contributed by atoms with van der Waals surface area (Å²) < 4.78 is 5.34. The summed E-state index contributed by atoms with van der Waals surface area (Å²) in [5, 5.41) is 21.9. The van der Waals surface area contributed by atoms with Gasteiger partial charge in [0, 0.05) is 42.0 Å². The van der Waals surface area contributed by atoms with E-state index in [9.17, 15) is 15.0 Å². The second-order valence-electron chi connectivity index (χ2n) is 9.82. The molecule has 0 bridgehead atoms. The quantitative estimate of drug-likeness (QED) is 0.505. The minimum atomic E-state index is -0.736. The lowest BCUT2D eigenvalue weighted by Gasteiger charge is -2.47. The zero-order chi connectivity index (χ0) is 24.4. The summed E-state index contributed by atoms with van der Waals surface area (Å²) in [6.07, 6.45) is 8.47. The smallest absolute Gasteiger partial charge is 0.308 e. The first-order valence-electron chi connectivity index (χ1n) is 12.4. The summed E-state index contributed by atoms with van der Waals surface area (Å²) >= 11 is 0. The molecule has 1 aliphatic heterocycles. The molecule has 8 nitrogen and oxygen atoms in total. The van der Waals surface area contributed by atoms with Crippen LogP contribution in [0, 0.1) is 11.8 Å². The Hall–Kier alpha value is -3.10. The molecule has 0 radical (unpaired) electrons. The molecule has 3 atom stereocenters. The number of carboxylic acid groups (broad SMARTS) is 1. The van der Waals surface area contributed by atoms with E-state index in [1.807, 2.05) is 30.3 Å². The Balaban J connectivity index is 1.20. The summed E-state index contributed by atoms with van der Waals surface area (Å²) in [5.74, 6) is 0.0604. The molecule has 35 heavy (non-hydrogen) atoms. The van der Waals surface area contributed by atoms with Gasteiger partial charge in [-0.05, 0) is 80.5 Å². The maximum Gasteiger partial charge on any atom is 0.308 e. The van der Waals surface area contributed by atoms with Crippen LogP contribution >= 0.6 is 0 Å². The number of hydrogen-bond donors (Lipinski definition) is 2. The van der Waals surface area contributed by atoms with Crippen molar-refractivity contribution >= 4 is 16.9 Å². The normalized spacial score (nSPS) is 25.7. The second kappa shape index (κ2) is 10.3. The summed E-state index contributed by atoms with van der Waals surface area (Å²) in [7, 11) is 1.62. The molecule has 1 saturated carbocycles. The lowest BCUT2D eigenvalue weighted by molar-refractivity contribution is -0.147. The number of aliphatic carboxylic acids is 1. The monoisotopic (exact) mass is 476 g/mol. The molecule has 184 valence electrons. The number of piperidine rings is 1. The molecular weight excluding hydrogens is 444 g/mol. The molecule has 1 aromatic carbocycles. The molecule has 8 heteroatoms. The third-order valence-corrected chi connectivity index (χ3v) is 7.91. The molecule has 5 rings (SSSR count). The van der Waals surface area contributed by atoms with Crippen molar-refractivity contribution in [2.45, 2.75) is 50.2 Å². The topological polar surface area (TPSA) is 109 Å². The lowest BCUT2D eigenvalue weighted by Crippen LogP contribution is -2.52. The van der Waals surface area contributed by atoms with Crippen molar-refractivity contribution in [3.05, 3.63) is 60.3 Å². The third-order valence-electron chi connectivity index (χ3n) is 7.91. The number of rotatable bonds is 8. The van der Waals surface area contributed by atoms with Crippen LogP contribution in [0.1, 0.15) is 55.4 Å². The van der Waals surface area contributed by atoms with E-state index in [-0.39, 0.29) is 5.92 Å². The summed E-state index contributed by atoms with van der Waals surface area (Å²) in [5.41, 5.74) is 2.69. The second-order valence-corrected chi connectivity index (χ2v) is 9.82. The molecule has 2 fully saturated rings. The molecule has 2 N–H and O–H groups in total. The first kappa shape index (κ1) is 23.6. The maximum atomic E-state index is 12.2. The van der Waals surface area contributed by atoms with Gasteiger partial charge in [-0.2, -0.15) is 0 Å². The van der Waals surface area contributed by atoms with E-state index in [1.54, 1.807) is 25.8 Å². The van der Waals surface area contributed by atoms with Crippen LogP contribution in [0.15, 0.2) is 49.1 Å². The molecule has 3 heterocycles. The van der Waals surface area contributed by atoms with Gasteiger partial charge in [-0.15, -0.1) is 0 Å². The van der Waals surface area contributed by atoms with Gasteiger partial charge in [0.1, 0.15) is 12.1 Å². The number of methoxy groups -OCH3 is 1. The van der Waals surface area contributed by atoms with Gasteiger partial charge in [0.05, 0.1) is 24.6 Å².